The van der Waals surface area contributed by atoms with E-state index in [-0.39, 0.29) is 179 Å². The Morgan fingerprint density at radius 3 is 1.20 bits per heavy atom. The number of anilines is 3. The van der Waals surface area contributed by atoms with Crippen LogP contribution in [0.15, 0.2) is 162 Å². The Morgan fingerprint density at radius 1 is 0.450 bits per heavy atom. The third-order valence-corrected chi connectivity index (χ3v) is 26.5. The van der Waals surface area contributed by atoms with Gasteiger partial charge in [0.1, 0.15) is 35.2 Å². The first-order chi connectivity index (χ1) is 61.6. The molecule has 26 nitrogen and oxygen atoms in total. The van der Waals surface area contributed by atoms with Crippen molar-refractivity contribution in [3.63, 3.8) is 0 Å². The van der Waals surface area contributed by atoms with Gasteiger partial charge in [-0.1, -0.05) is 137 Å². The average molecular weight is 1840 g/mol. The summed E-state index contributed by atoms with van der Waals surface area (Å²) in [6, 6.07) is 23.6. The van der Waals surface area contributed by atoms with E-state index in [1.807, 2.05) is 111 Å². The highest BCUT2D eigenvalue weighted by Crippen LogP contribution is 2.50. The Morgan fingerprint density at radius 2 is 0.798 bits per heavy atom. The van der Waals surface area contributed by atoms with Crippen molar-refractivity contribution in [2.45, 2.75) is 150 Å². The van der Waals surface area contributed by atoms with Crippen LogP contribution in [0.1, 0.15) is 126 Å². The number of rotatable bonds is 12. The number of aryl methyl sites for hydroxylation is 3. The minimum atomic E-state index is -0.731. The highest BCUT2D eigenvalue weighted by molar-refractivity contribution is 6.38. The van der Waals surface area contributed by atoms with Gasteiger partial charge in [-0.05, 0) is 167 Å². The minimum Gasteiger partial charge on any atom is -0.507 e. The lowest BCUT2D eigenvalue weighted by molar-refractivity contribution is -0.129. The van der Waals surface area contributed by atoms with Crippen LogP contribution in [0, 0.1) is 26.6 Å². The normalized spacial score (nSPS) is 18.0. The van der Waals surface area contributed by atoms with E-state index in [1.54, 1.807) is 80.0 Å². The average Bonchev–Trinajstić information content (AvgIpc) is 1.23. The van der Waals surface area contributed by atoms with Crippen LogP contribution in [-0.2, 0) is 20.8 Å². The number of carbonyl (C=O) groups excluding carboxylic acids is 3. The van der Waals surface area contributed by atoms with E-state index in [0.717, 1.165) is 33.8 Å². The highest BCUT2D eigenvalue weighted by atomic mass is 35.5. The molecule has 6 atom stereocenters. The molecule has 129 heavy (non-hydrogen) atoms. The molecule has 15 heterocycles. The SMILES string of the molecule is C=CC(=O)N1CC2CCOc3c(c4cc(Cl)c(-c5c(O)cccc5Cl)nc4n(-c4c(C)ccnc4C(C)C)c3=O)N2CC1C.C=CC(=O)N1CC2COc3c(c4cc(F)c(-c5c(O)cccc5Cl)nc4n(-c4c(C)ccnc4C(C)C)c3=O)N2CC1C.C=CC(=O)N1CC2Cc3c(c4cc(Cl)c(-c5c(O)cccc5Cl)nc4n(-c4c(C)ccnc4C(C)C)c3=O)N2CC1C. The second kappa shape index (κ2) is 35.6. The van der Waals surface area contributed by atoms with Gasteiger partial charge in [0.25, 0.3) is 5.56 Å². The number of hydrogen-bond acceptors (Lipinski definition) is 20. The van der Waals surface area contributed by atoms with Crippen LogP contribution >= 0.6 is 58.0 Å². The molecule has 6 unspecified atom stereocenters. The van der Waals surface area contributed by atoms with Gasteiger partial charge in [-0.15, -0.1) is 0 Å². The molecule has 3 N–H and O–H groups in total. The molecule has 6 aliphatic rings. The number of carbonyl (C=O) groups is 3. The minimum absolute atomic E-state index is 0.00772. The summed E-state index contributed by atoms with van der Waals surface area (Å²) >= 11 is 33.4. The van der Waals surface area contributed by atoms with Crippen molar-refractivity contribution in [3.05, 3.63) is 249 Å². The predicted molar refractivity (Wildman–Crippen MR) is 505 cm³/mol. The molecule has 6 aliphatic heterocycles. The largest absolute Gasteiger partial charge is 0.507 e. The molecular formula is C97H95Cl5FN15O11. The number of amides is 3. The van der Waals surface area contributed by atoms with E-state index < -0.39 is 11.4 Å². The summed E-state index contributed by atoms with van der Waals surface area (Å²) in [6.45, 7) is 37.8. The maximum absolute atomic E-state index is 16.1. The Kier molecular flexibility index (Phi) is 24.8. The lowest BCUT2D eigenvalue weighted by Gasteiger charge is -2.48. The molecule has 3 saturated heterocycles. The summed E-state index contributed by atoms with van der Waals surface area (Å²) in [5.74, 6) is -1.34. The first kappa shape index (κ1) is 90.0. The molecule has 3 amide bonds. The summed E-state index contributed by atoms with van der Waals surface area (Å²) in [6.07, 6.45) is 10.2. The third-order valence-electron chi connectivity index (χ3n) is 25.0. The van der Waals surface area contributed by atoms with Crippen LogP contribution in [0.4, 0.5) is 21.5 Å². The molecule has 666 valence electrons. The quantitative estimate of drug-likeness (QED) is 0.0958. The Balaban J connectivity index is 0.000000142. The number of hydrogen-bond donors (Lipinski definition) is 3. The van der Waals surface area contributed by atoms with Gasteiger partial charge in [-0.3, -0.25) is 57.4 Å². The summed E-state index contributed by atoms with van der Waals surface area (Å²) in [7, 11) is 0. The molecule has 3 aromatic carbocycles. The van der Waals surface area contributed by atoms with Crippen molar-refractivity contribution in [3.8, 4) is 79.6 Å². The number of piperazine rings is 3. The van der Waals surface area contributed by atoms with Gasteiger partial charge in [0.15, 0.2) is 17.1 Å². The van der Waals surface area contributed by atoms with Crippen LogP contribution in [0.2, 0.25) is 25.1 Å². The number of phenols is 3. The van der Waals surface area contributed by atoms with Gasteiger partial charge in [0, 0.05) is 111 Å². The van der Waals surface area contributed by atoms with Crippen LogP contribution in [-0.4, -0.2) is 180 Å². The number of aromatic hydroxyl groups is 3. The number of pyridine rings is 9. The lowest BCUT2D eigenvalue weighted by atomic mass is 10.0. The molecule has 0 aliphatic carbocycles. The number of fused-ring (bicyclic) bond motifs is 15. The molecule has 18 rings (SSSR count). The van der Waals surface area contributed by atoms with Crippen molar-refractivity contribution in [2.24, 2.45) is 0 Å². The van der Waals surface area contributed by atoms with Gasteiger partial charge in [-0.25, -0.2) is 19.3 Å². The van der Waals surface area contributed by atoms with Gasteiger partial charge >= 0.3 is 11.1 Å². The molecule has 0 saturated carbocycles. The molecular weight excluding hydrogens is 1750 g/mol. The molecule has 3 fully saturated rings. The monoisotopic (exact) mass is 1840 g/mol. The Labute approximate surface area is 768 Å². The maximum atomic E-state index is 16.1. The molecule has 0 bridgehead atoms. The van der Waals surface area contributed by atoms with Crippen LogP contribution in [0.25, 0.3) is 83.9 Å². The smallest absolute Gasteiger partial charge is 0.301 e. The fraction of sp³-hybridized carbons (Fsp3) is 0.320. The van der Waals surface area contributed by atoms with E-state index >= 15 is 4.39 Å². The lowest BCUT2D eigenvalue weighted by Crippen LogP contribution is -2.62. The van der Waals surface area contributed by atoms with E-state index in [2.05, 4.69) is 44.5 Å². The zero-order valence-corrected chi connectivity index (χ0v) is 76.9. The number of halogens is 6. The van der Waals surface area contributed by atoms with Crippen molar-refractivity contribution in [2.75, 3.05) is 67.2 Å². The molecule has 32 heteroatoms. The summed E-state index contributed by atoms with van der Waals surface area (Å²) in [4.78, 5) is 122. The van der Waals surface area contributed by atoms with Crippen molar-refractivity contribution in [1.29, 1.82) is 0 Å². The zero-order valence-electron chi connectivity index (χ0n) is 73.1. The maximum Gasteiger partial charge on any atom is 0.301 e. The van der Waals surface area contributed by atoms with Crippen molar-refractivity contribution < 1.29 is 43.6 Å². The topological polar surface area (TPSA) is 293 Å². The number of phenolic OH excluding ortho intramolecular Hbond substituents is 3. The summed E-state index contributed by atoms with van der Waals surface area (Å²) < 4.78 is 33.2. The van der Waals surface area contributed by atoms with Crippen molar-refractivity contribution in [1.82, 2.24) is 58.3 Å². The second-order valence-electron chi connectivity index (χ2n) is 34.3. The van der Waals surface area contributed by atoms with E-state index in [1.165, 1.54) is 53.1 Å². The van der Waals surface area contributed by atoms with Crippen LogP contribution < -0.4 is 40.9 Å². The highest BCUT2D eigenvalue weighted by Gasteiger charge is 2.46. The van der Waals surface area contributed by atoms with E-state index in [4.69, 9.17) is 82.4 Å². The Bertz CT molecular complexity index is 6840. The zero-order chi connectivity index (χ0) is 92.2. The summed E-state index contributed by atoms with van der Waals surface area (Å²) in [5, 5.41) is 35.1. The fourth-order valence-electron chi connectivity index (χ4n) is 18.9. The first-order valence-electron chi connectivity index (χ1n) is 42.6. The van der Waals surface area contributed by atoms with E-state index in [0.29, 0.717) is 130 Å². The number of benzene rings is 3. The fourth-order valence-corrected chi connectivity index (χ4v) is 20.2. The number of ether oxygens (including phenoxy) is 2. The number of nitrogens with zero attached hydrogens (tertiary/aromatic N) is 15. The summed E-state index contributed by atoms with van der Waals surface area (Å²) in [5.41, 5.74) is 9.64. The van der Waals surface area contributed by atoms with Gasteiger partial charge in [-0.2, -0.15) is 0 Å². The van der Waals surface area contributed by atoms with Crippen LogP contribution in [0.5, 0.6) is 28.7 Å². The Hall–Kier alpha value is -12.4. The van der Waals surface area contributed by atoms with Gasteiger partial charge in [0.05, 0.1) is 129 Å². The molecule has 12 aromatic rings. The number of aromatic nitrogens is 9. The standard InChI is InChI=1S/C33H33Cl2N5O4.C32H31Cl2N5O3.C32H31ClFN5O4/c1-6-25(42)38-16-20-11-13-44-31-30(39(20)15-19(38)5)21-14-23(35)28(26-22(34)8-7-9-24(26)41)37-32(21)40(33(31)43)29-18(4)10-12-36-27(29)17(2)3;1-6-25(41)37-15-19-12-21-30(38(19)14-18(37)5)20-13-23(34)28(26-22(33)8-7-9-24(26)40)36-31(20)39(32(21)42)29-17(4)10-11-35-27(29)16(2)3;1-6-24(41)37-14-19-15-43-30-29(38(19)13-18(37)5)20-12-22(34)27(25-21(33)8-7-9-23(25)40)36-31(20)39(32(30)42)28-17(4)10-11-35-26(28)16(2)3/h6-10,12,14,17,19-20,41H,1,11,13,15-16H2,2-5H3;6-11,13,16,18-19,40H,1,12,14-15H2,2-5H3;6-12,16,18-19,40H,1,13-15H2,2-5H3. The van der Waals surface area contributed by atoms with E-state index in [9.17, 15) is 44.1 Å². The first-order valence-corrected chi connectivity index (χ1v) is 44.5. The molecule has 9 aromatic heterocycles. The second-order valence-corrected chi connectivity index (χ2v) is 36.4. The van der Waals surface area contributed by atoms with Gasteiger partial charge < -0.3 is 54.2 Å². The van der Waals surface area contributed by atoms with Crippen molar-refractivity contribution >= 4 is 126 Å². The third kappa shape index (κ3) is 15.7. The van der Waals surface area contributed by atoms with Gasteiger partial charge in [0.2, 0.25) is 29.2 Å². The van der Waals surface area contributed by atoms with Crippen LogP contribution in [0.3, 0.4) is 0 Å². The molecule has 0 spiro atoms. The molecule has 0 radical (unpaired) electrons. The predicted octanol–water partition coefficient (Wildman–Crippen LogP) is 17.7.